The Morgan fingerprint density at radius 2 is 2.09 bits per heavy atom. The van der Waals surface area contributed by atoms with Gasteiger partial charge in [-0.3, -0.25) is 15.1 Å². The Morgan fingerprint density at radius 3 is 2.89 bits per heavy atom. The monoisotopic (exact) mass is 508 g/mol. The molecular weight excluding hydrogens is 492 g/mol. The third kappa shape index (κ3) is 4.74. The fourth-order valence-electron chi connectivity index (χ4n) is 3.43. The zero-order chi connectivity index (χ0) is 24.4. The number of nitrogens with one attached hydrogen (secondary N) is 2. The molecule has 5 rings (SSSR count). The van der Waals surface area contributed by atoms with Gasteiger partial charge in [0.15, 0.2) is 11.7 Å². The molecule has 11 nitrogen and oxygen atoms in total. The first-order valence-electron chi connectivity index (χ1n) is 10.2. The van der Waals surface area contributed by atoms with Crippen molar-refractivity contribution in [1.82, 2.24) is 35.6 Å². The third-order valence-electron chi connectivity index (χ3n) is 4.96. The Labute approximate surface area is 207 Å². The Hall–Kier alpha value is -4.16. The van der Waals surface area contributed by atoms with Crippen LogP contribution in [0.3, 0.4) is 0 Å². The second-order valence-corrected chi connectivity index (χ2v) is 8.66. The number of thiazole rings is 1. The van der Waals surface area contributed by atoms with Gasteiger partial charge in [0.1, 0.15) is 16.7 Å². The van der Waals surface area contributed by atoms with Crippen LogP contribution in [0.2, 0.25) is 5.15 Å². The molecule has 0 saturated carbocycles. The number of anilines is 1. The van der Waals surface area contributed by atoms with E-state index in [0.29, 0.717) is 44.8 Å². The van der Waals surface area contributed by atoms with E-state index in [4.69, 9.17) is 21.1 Å². The molecule has 0 radical (unpaired) electrons. The van der Waals surface area contributed by atoms with E-state index in [1.54, 1.807) is 43.6 Å². The summed E-state index contributed by atoms with van der Waals surface area (Å²) in [6.07, 6.45) is 3.20. The van der Waals surface area contributed by atoms with Crippen molar-refractivity contribution in [3.8, 4) is 22.6 Å². The standard InChI is InChI=1S/C22H17ClN8O3S/c1-11-7-14(13-5-6-24-9-16(13)33-2)19(20(23)25-11)21(32)27-22-26-15-8-12(3-4-17(15)35-22)34-10-18-28-30-31-29-18/h3-9H,10H2,1-2H3,(H,26,27,32)(H,28,29,30,31). The van der Waals surface area contributed by atoms with Gasteiger partial charge in [-0.1, -0.05) is 28.2 Å². The smallest absolute Gasteiger partial charge is 0.261 e. The van der Waals surface area contributed by atoms with E-state index < -0.39 is 5.91 Å². The largest absolute Gasteiger partial charge is 0.494 e. The predicted molar refractivity (Wildman–Crippen MR) is 130 cm³/mol. The zero-order valence-corrected chi connectivity index (χ0v) is 20.0. The predicted octanol–water partition coefficient (Wildman–Crippen LogP) is 4.07. The number of hydrogen-bond donors (Lipinski definition) is 2. The molecule has 1 aromatic carbocycles. The number of carbonyl (C=O) groups is 1. The van der Waals surface area contributed by atoms with E-state index in [1.165, 1.54) is 18.4 Å². The van der Waals surface area contributed by atoms with Gasteiger partial charge in [0.2, 0.25) is 5.82 Å². The number of carbonyl (C=O) groups excluding carboxylic acids is 1. The highest BCUT2D eigenvalue weighted by atomic mass is 35.5. The summed E-state index contributed by atoms with van der Waals surface area (Å²) in [4.78, 5) is 26.2. The molecular formula is C22H17ClN8O3S. The SMILES string of the molecule is COc1cnccc1-c1cc(C)nc(Cl)c1C(=O)Nc1nc2cc(OCc3nn[nH]n3)ccc2s1. The number of fused-ring (bicyclic) bond motifs is 1. The van der Waals surface area contributed by atoms with Crippen LogP contribution in [0, 0.1) is 6.92 Å². The molecule has 5 aromatic rings. The molecule has 0 aliphatic heterocycles. The number of tetrazole rings is 1. The van der Waals surface area contributed by atoms with E-state index in [2.05, 4.69) is 40.9 Å². The lowest BCUT2D eigenvalue weighted by molar-refractivity contribution is 0.102. The Balaban J connectivity index is 1.43. The van der Waals surface area contributed by atoms with Gasteiger partial charge in [-0.25, -0.2) is 9.97 Å². The topological polar surface area (TPSA) is 141 Å². The molecule has 0 fully saturated rings. The summed E-state index contributed by atoms with van der Waals surface area (Å²) in [6.45, 7) is 1.96. The van der Waals surface area contributed by atoms with Crippen LogP contribution in [0.15, 0.2) is 42.7 Å². The number of rotatable bonds is 7. The maximum atomic E-state index is 13.3. The van der Waals surface area contributed by atoms with Crippen LogP contribution in [-0.4, -0.2) is 48.6 Å². The average Bonchev–Trinajstić information content (AvgIpc) is 3.51. The van der Waals surface area contributed by atoms with Crippen molar-refractivity contribution in [3.63, 3.8) is 0 Å². The van der Waals surface area contributed by atoms with Crippen molar-refractivity contribution in [2.75, 3.05) is 12.4 Å². The molecule has 176 valence electrons. The van der Waals surface area contributed by atoms with E-state index in [0.717, 1.165) is 4.70 Å². The van der Waals surface area contributed by atoms with Gasteiger partial charge in [0, 0.05) is 29.1 Å². The van der Waals surface area contributed by atoms with Crippen LogP contribution in [0.1, 0.15) is 21.9 Å². The van der Waals surface area contributed by atoms with Crippen molar-refractivity contribution < 1.29 is 14.3 Å². The van der Waals surface area contributed by atoms with Gasteiger partial charge in [-0.15, -0.1) is 10.2 Å². The van der Waals surface area contributed by atoms with E-state index in [9.17, 15) is 4.79 Å². The highest BCUT2D eigenvalue weighted by molar-refractivity contribution is 7.22. The lowest BCUT2D eigenvalue weighted by atomic mass is 10.0. The molecule has 0 bridgehead atoms. The van der Waals surface area contributed by atoms with Crippen LogP contribution in [-0.2, 0) is 6.61 Å². The number of benzene rings is 1. The number of H-pyrrole nitrogens is 1. The molecule has 0 saturated heterocycles. The highest BCUT2D eigenvalue weighted by Gasteiger charge is 2.22. The summed E-state index contributed by atoms with van der Waals surface area (Å²) in [5.74, 6) is 1.09. The molecule has 0 spiro atoms. The average molecular weight is 509 g/mol. The van der Waals surface area contributed by atoms with Crippen LogP contribution < -0.4 is 14.8 Å². The summed E-state index contributed by atoms with van der Waals surface area (Å²) >= 11 is 7.77. The van der Waals surface area contributed by atoms with Gasteiger partial charge in [-0.05, 0) is 31.2 Å². The molecule has 1 amide bonds. The lowest BCUT2D eigenvalue weighted by Crippen LogP contribution is -2.15. The minimum absolute atomic E-state index is 0.0784. The molecule has 4 heterocycles. The molecule has 35 heavy (non-hydrogen) atoms. The summed E-state index contributed by atoms with van der Waals surface area (Å²) in [5.41, 5.74) is 2.80. The van der Waals surface area contributed by atoms with Crippen LogP contribution >= 0.6 is 22.9 Å². The highest BCUT2D eigenvalue weighted by Crippen LogP contribution is 2.36. The van der Waals surface area contributed by atoms with Crippen LogP contribution in [0.5, 0.6) is 11.5 Å². The van der Waals surface area contributed by atoms with Crippen LogP contribution in [0.4, 0.5) is 5.13 Å². The number of amides is 1. The number of nitrogens with zero attached hydrogens (tertiary/aromatic N) is 6. The Morgan fingerprint density at radius 1 is 1.20 bits per heavy atom. The minimum atomic E-state index is -0.441. The number of aromatic nitrogens is 7. The minimum Gasteiger partial charge on any atom is -0.494 e. The van der Waals surface area contributed by atoms with Crippen molar-refractivity contribution in [3.05, 3.63) is 65.0 Å². The fourth-order valence-corrected chi connectivity index (χ4v) is 4.59. The molecule has 0 aliphatic rings. The Kier molecular flexibility index (Phi) is 6.21. The maximum Gasteiger partial charge on any atom is 0.261 e. The first kappa shape index (κ1) is 22.6. The fraction of sp³-hybridized carbons (Fsp3) is 0.136. The lowest BCUT2D eigenvalue weighted by Gasteiger charge is -2.14. The molecule has 0 unspecified atom stereocenters. The number of ether oxygens (including phenoxy) is 2. The summed E-state index contributed by atoms with van der Waals surface area (Å²) in [6, 6.07) is 8.98. The van der Waals surface area contributed by atoms with Gasteiger partial charge in [0.05, 0.1) is 29.1 Å². The van der Waals surface area contributed by atoms with Crippen LogP contribution in [0.25, 0.3) is 21.3 Å². The van der Waals surface area contributed by atoms with E-state index >= 15 is 0 Å². The molecule has 4 aromatic heterocycles. The number of aryl methyl sites for hydroxylation is 1. The number of aromatic amines is 1. The van der Waals surface area contributed by atoms with Crippen molar-refractivity contribution >= 4 is 44.2 Å². The van der Waals surface area contributed by atoms with E-state index in [1.807, 2.05) is 6.07 Å². The van der Waals surface area contributed by atoms with Crippen molar-refractivity contribution in [2.45, 2.75) is 13.5 Å². The molecule has 13 heteroatoms. The molecule has 2 N–H and O–H groups in total. The summed E-state index contributed by atoms with van der Waals surface area (Å²) in [7, 11) is 1.54. The summed E-state index contributed by atoms with van der Waals surface area (Å²) in [5, 5.41) is 16.9. The van der Waals surface area contributed by atoms with Crippen molar-refractivity contribution in [1.29, 1.82) is 0 Å². The third-order valence-corrected chi connectivity index (χ3v) is 6.19. The second-order valence-electron chi connectivity index (χ2n) is 7.27. The quantitative estimate of drug-likeness (QED) is 0.311. The number of methoxy groups -OCH3 is 1. The summed E-state index contributed by atoms with van der Waals surface area (Å²) < 4.78 is 12.0. The number of hydrogen-bond acceptors (Lipinski definition) is 10. The normalized spacial score (nSPS) is 10.9. The molecule has 0 aliphatic carbocycles. The number of pyridine rings is 2. The first-order valence-corrected chi connectivity index (χ1v) is 11.4. The van der Waals surface area contributed by atoms with Gasteiger partial charge in [0.25, 0.3) is 5.91 Å². The second kappa shape index (κ2) is 9.60. The number of halogens is 1. The molecule has 0 atom stereocenters. The zero-order valence-electron chi connectivity index (χ0n) is 18.4. The van der Waals surface area contributed by atoms with Gasteiger partial charge >= 0.3 is 0 Å². The van der Waals surface area contributed by atoms with Crippen molar-refractivity contribution in [2.24, 2.45) is 0 Å². The maximum absolute atomic E-state index is 13.3. The van der Waals surface area contributed by atoms with Gasteiger partial charge < -0.3 is 9.47 Å². The first-order chi connectivity index (χ1) is 17.0. The van der Waals surface area contributed by atoms with Gasteiger partial charge in [-0.2, -0.15) is 5.21 Å². The van der Waals surface area contributed by atoms with E-state index in [-0.39, 0.29) is 17.3 Å². The Bertz CT molecular complexity index is 1520.